The topological polar surface area (TPSA) is 122 Å². The number of carbonyl (C=O) groups excluding carboxylic acids is 2. The van der Waals surface area contributed by atoms with Crippen molar-refractivity contribution in [2.24, 2.45) is 5.73 Å². The Morgan fingerprint density at radius 2 is 1.68 bits per heavy atom. The van der Waals surface area contributed by atoms with Crippen LogP contribution in [0.3, 0.4) is 0 Å². The van der Waals surface area contributed by atoms with Crippen molar-refractivity contribution in [1.82, 2.24) is 4.98 Å². The van der Waals surface area contributed by atoms with E-state index in [2.05, 4.69) is 10.3 Å². The molecule has 0 fully saturated rings. The maximum Gasteiger partial charge on any atom is 0.255 e. The molecule has 0 aliphatic carbocycles. The van der Waals surface area contributed by atoms with Crippen molar-refractivity contribution < 1.29 is 28.5 Å². The SMILES string of the molecule is COc1cc(NC(=O)c2ccc(OCc3cscn3)c(OC)c2)c(C(N)=O)cc1OC. The second-order valence-corrected chi connectivity index (χ2v) is 6.92. The first-order valence-corrected chi connectivity index (χ1v) is 9.96. The number of nitrogens with zero attached hydrogens (tertiary/aromatic N) is 1. The molecule has 3 aromatic rings. The first-order valence-electron chi connectivity index (χ1n) is 9.02. The summed E-state index contributed by atoms with van der Waals surface area (Å²) < 4.78 is 21.5. The normalized spacial score (nSPS) is 10.3. The summed E-state index contributed by atoms with van der Waals surface area (Å²) >= 11 is 1.47. The number of benzene rings is 2. The Morgan fingerprint density at radius 3 is 2.29 bits per heavy atom. The van der Waals surface area contributed by atoms with Crippen LogP contribution in [0, 0.1) is 0 Å². The molecule has 9 nitrogen and oxygen atoms in total. The molecule has 0 unspecified atom stereocenters. The number of carbonyl (C=O) groups is 2. The van der Waals surface area contributed by atoms with Crippen molar-refractivity contribution in [3.63, 3.8) is 0 Å². The van der Waals surface area contributed by atoms with E-state index in [4.69, 9.17) is 24.7 Å². The summed E-state index contributed by atoms with van der Waals surface area (Å²) in [6.45, 7) is 0.277. The van der Waals surface area contributed by atoms with Crippen molar-refractivity contribution >= 4 is 28.8 Å². The van der Waals surface area contributed by atoms with Gasteiger partial charge in [0.15, 0.2) is 23.0 Å². The Morgan fingerprint density at radius 1 is 1.00 bits per heavy atom. The van der Waals surface area contributed by atoms with Gasteiger partial charge in [-0.3, -0.25) is 9.59 Å². The Labute approximate surface area is 182 Å². The predicted molar refractivity (Wildman–Crippen MR) is 115 cm³/mol. The van der Waals surface area contributed by atoms with Crippen LogP contribution < -0.4 is 30.0 Å². The number of aromatic nitrogens is 1. The van der Waals surface area contributed by atoms with Gasteiger partial charge in [-0.1, -0.05) is 0 Å². The van der Waals surface area contributed by atoms with Gasteiger partial charge in [0, 0.05) is 17.0 Å². The second-order valence-electron chi connectivity index (χ2n) is 6.21. The van der Waals surface area contributed by atoms with E-state index in [1.165, 1.54) is 50.9 Å². The third-order valence-corrected chi connectivity index (χ3v) is 4.96. The molecule has 0 aliphatic rings. The van der Waals surface area contributed by atoms with Gasteiger partial charge in [-0.15, -0.1) is 11.3 Å². The van der Waals surface area contributed by atoms with E-state index in [1.54, 1.807) is 17.6 Å². The largest absolute Gasteiger partial charge is 0.493 e. The number of hydrogen-bond donors (Lipinski definition) is 2. The van der Waals surface area contributed by atoms with Crippen LogP contribution in [0.25, 0.3) is 0 Å². The van der Waals surface area contributed by atoms with E-state index in [9.17, 15) is 9.59 Å². The number of primary amides is 1. The zero-order chi connectivity index (χ0) is 22.4. The summed E-state index contributed by atoms with van der Waals surface area (Å²) in [5.74, 6) is 0.309. The summed E-state index contributed by atoms with van der Waals surface area (Å²) in [5.41, 5.74) is 8.54. The number of hydrogen-bond acceptors (Lipinski definition) is 8. The average molecular weight is 443 g/mol. The number of nitrogens with one attached hydrogen (secondary N) is 1. The fourth-order valence-electron chi connectivity index (χ4n) is 2.77. The maximum absolute atomic E-state index is 12.8. The number of thiazole rings is 1. The van der Waals surface area contributed by atoms with Crippen LogP contribution >= 0.6 is 11.3 Å². The lowest BCUT2D eigenvalue weighted by atomic mass is 10.1. The number of methoxy groups -OCH3 is 3. The van der Waals surface area contributed by atoms with Crippen molar-refractivity contribution in [2.45, 2.75) is 6.61 Å². The van der Waals surface area contributed by atoms with Crippen LogP contribution in [0.2, 0.25) is 0 Å². The predicted octanol–water partition coefficient (Wildman–Crippen LogP) is 3.10. The molecule has 2 aromatic carbocycles. The number of rotatable bonds is 9. The van der Waals surface area contributed by atoms with E-state index >= 15 is 0 Å². The van der Waals surface area contributed by atoms with Crippen LogP contribution in [0.15, 0.2) is 41.2 Å². The summed E-state index contributed by atoms with van der Waals surface area (Å²) in [7, 11) is 4.36. The second kappa shape index (κ2) is 9.81. The lowest BCUT2D eigenvalue weighted by Gasteiger charge is -2.15. The molecule has 3 rings (SSSR count). The van der Waals surface area contributed by atoms with Crippen LogP contribution in [0.4, 0.5) is 5.69 Å². The fourth-order valence-corrected chi connectivity index (χ4v) is 3.31. The van der Waals surface area contributed by atoms with E-state index in [1.807, 2.05) is 5.38 Å². The highest BCUT2D eigenvalue weighted by Gasteiger charge is 2.18. The molecule has 1 aromatic heterocycles. The Kier molecular flexibility index (Phi) is 6.93. The van der Waals surface area contributed by atoms with Crippen molar-refractivity contribution in [1.29, 1.82) is 0 Å². The molecule has 2 amide bonds. The lowest BCUT2D eigenvalue weighted by Crippen LogP contribution is -2.18. The molecule has 31 heavy (non-hydrogen) atoms. The highest BCUT2D eigenvalue weighted by atomic mass is 32.1. The van der Waals surface area contributed by atoms with Gasteiger partial charge in [-0.25, -0.2) is 4.98 Å². The molecule has 1 heterocycles. The molecule has 0 saturated heterocycles. The third kappa shape index (κ3) is 5.04. The third-order valence-electron chi connectivity index (χ3n) is 4.32. The maximum atomic E-state index is 12.8. The number of ether oxygens (including phenoxy) is 4. The summed E-state index contributed by atoms with van der Waals surface area (Å²) in [4.78, 5) is 28.8. The minimum atomic E-state index is -0.723. The lowest BCUT2D eigenvalue weighted by molar-refractivity contribution is 0.100. The van der Waals surface area contributed by atoms with Crippen LogP contribution in [-0.2, 0) is 6.61 Å². The molecule has 0 aliphatic heterocycles. The van der Waals surface area contributed by atoms with Crippen LogP contribution in [0.1, 0.15) is 26.4 Å². The number of nitrogens with two attached hydrogens (primary N) is 1. The molecular weight excluding hydrogens is 422 g/mol. The van der Waals surface area contributed by atoms with Crippen molar-refractivity contribution in [2.75, 3.05) is 26.6 Å². The summed E-state index contributed by atoms with van der Waals surface area (Å²) in [6.07, 6.45) is 0. The Balaban J connectivity index is 1.83. The van der Waals surface area contributed by atoms with Gasteiger partial charge in [-0.2, -0.15) is 0 Å². The monoisotopic (exact) mass is 443 g/mol. The van der Waals surface area contributed by atoms with Crippen LogP contribution in [0.5, 0.6) is 23.0 Å². The Hall–Kier alpha value is -3.79. The van der Waals surface area contributed by atoms with Gasteiger partial charge < -0.3 is 30.0 Å². The zero-order valence-electron chi connectivity index (χ0n) is 17.1. The summed E-state index contributed by atoms with van der Waals surface area (Å²) in [6, 6.07) is 7.63. The first-order chi connectivity index (χ1) is 15.0. The Bertz CT molecular complexity index is 1080. The van der Waals surface area contributed by atoms with Gasteiger partial charge in [0.1, 0.15) is 6.61 Å². The summed E-state index contributed by atoms with van der Waals surface area (Å²) in [5, 5.41) is 4.56. The average Bonchev–Trinajstić information content (AvgIpc) is 3.30. The van der Waals surface area contributed by atoms with Gasteiger partial charge in [0.2, 0.25) is 0 Å². The fraction of sp³-hybridized carbons (Fsp3) is 0.190. The van der Waals surface area contributed by atoms with E-state index < -0.39 is 11.8 Å². The quantitative estimate of drug-likeness (QED) is 0.521. The smallest absolute Gasteiger partial charge is 0.255 e. The van der Waals surface area contributed by atoms with E-state index in [-0.39, 0.29) is 17.9 Å². The van der Waals surface area contributed by atoms with Crippen LogP contribution in [-0.4, -0.2) is 38.1 Å². The molecular formula is C21H21N3O6S. The molecule has 0 spiro atoms. The minimum absolute atomic E-state index is 0.0844. The number of anilines is 1. The zero-order valence-corrected chi connectivity index (χ0v) is 17.9. The minimum Gasteiger partial charge on any atom is -0.493 e. The molecule has 0 saturated carbocycles. The molecule has 0 bridgehead atoms. The van der Waals surface area contributed by atoms with Gasteiger partial charge >= 0.3 is 0 Å². The van der Waals surface area contributed by atoms with E-state index in [0.29, 0.717) is 28.6 Å². The van der Waals surface area contributed by atoms with Gasteiger partial charge in [0.05, 0.1) is 43.8 Å². The number of amides is 2. The standard InChI is InChI=1S/C21H21N3O6S/c1-27-17-6-12(4-5-16(17)30-9-13-10-31-11-23-13)21(26)24-15-8-19(29-3)18(28-2)7-14(15)20(22)25/h4-8,10-11H,9H2,1-3H3,(H2,22,25)(H,24,26). The van der Waals surface area contributed by atoms with Crippen molar-refractivity contribution in [3.8, 4) is 23.0 Å². The molecule has 0 radical (unpaired) electrons. The van der Waals surface area contributed by atoms with Gasteiger partial charge in [0.25, 0.3) is 11.8 Å². The molecule has 3 N–H and O–H groups in total. The van der Waals surface area contributed by atoms with Crippen molar-refractivity contribution in [3.05, 3.63) is 58.0 Å². The highest BCUT2D eigenvalue weighted by molar-refractivity contribution is 7.07. The van der Waals surface area contributed by atoms with E-state index in [0.717, 1.165) is 5.69 Å². The molecule has 162 valence electrons. The van der Waals surface area contributed by atoms with Gasteiger partial charge in [-0.05, 0) is 24.3 Å². The molecule has 0 atom stereocenters. The highest BCUT2D eigenvalue weighted by Crippen LogP contribution is 2.34. The first kappa shape index (κ1) is 21.9. The molecule has 10 heteroatoms.